The lowest BCUT2D eigenvalue weighted by molar-refractivity contribution is -0.384. The van der Waals surface area contributed by atoms with Gasteiger partial charge in [-0.1, -0.05) is 0 Å². The first-order valence-electron chi connectivity index (χ1n) is 6.74. The van der Waals surface area contributed by atoms with Gasteiger partial charge in [-0.25, -0.2) is 5.43 Å². The largest absolute Gasteiger partial charge is 0.506 e. The second kappa shape index (κ2) is 9.15. The third-order valence-corrected chi connectivity index (χ3v) is 5.30. The fourth-order valence-electron chi connectivity index (χ4n) is 1.68. The van der Waals surface area contributed by atoms with Gasteiger partial charge in [-0.05, 0) is 68.3 Å². The molecule has 0 unspecified atom stereocenters. The number of hydrazone groups is 1. The maximum absolute atomic E-state index is 11.8. The number of nitrogens with one attached hydrogen (secondary N) is 1. The van der Waals surface area contributed by atoms with Gasteiger partial charge in [-0.3, -0.25) is 14.9 Å². The summed E-state index contributed by atoms with van der Waals surface area (Å²) in [5, 5.41) is 24.1. The highest BCUT2D eigenvalue weighted by molar-refractivity contribution is 14.1. The molecule has 0 aromatic heterocycles. The van der Waals surface area contributed by atoms with Crippen molar-refractivity contribution in [3.8, 4) is 5.75 Å². The van der Waals surface area contributed by atoms with Crippen LogP contribution in [0.5, 0.6) is 5.75 Å². The summed E-state index contributed by atoms with van der Waals surface area (Å²) in [4.78, 5) is 22.6. The lowest BCUT2D eigenvalue weighted by Crippen LogP contribution is -2.19. The molecule has 0 fully saturated rings. The molecule has 0 aliphatic heterocycles. The van der Waals surface area contributed by atoms with Crippen molar-refractivity contribution >= 4 is 68.1 Å². The first-order chi connectivity index (χ1) is 11.9. The monoisotopic (exact) mass is 535 g/mol. The molecule has 2 aromatic rings. The maximum atomic E-state index is 11.8. The standard InChI is InChI=1S/C15H11BrIN3O4S/c16-12-5-9(6-13(17)15(12)22)7-18-19-14(21)8-25-11-3-1-10(2-4-11)20(23)24/h1-7,22H,8H2,(H,19,21)/b18-7-. The van der Waals surface area contributed by atoms with Gasteiger partial charge < -0.3 is 5.11 Å². The topological polar surface area (TPSA) is 105 Å². The molecule has 0 atom stereocenters. The van der Waals surface area contributed by atoms with Crippen LogP contribution in [0.3, 0.4) is 0 Å². The van der Waals surface area contributed by atoms with E-state index in [0.717, 1.165) is 10.5 Å². The molecule has 0 bridgehead atoms. The van der Waals surface area contributed by atoms with Gasteiger partial charge in [-0.15, -0.1) is 11.8 Å². The third kappa shape index (κ3) is 5.97. The summed E-state index contributed by atoms with van der Waals surface area (Å²) in [6.07, 6.45) is 1.47. The second-order valence-corrected chi connectivity index (χ2v) is 7.73. The molecule has 1 amide bonds. The maximum Gasteiger partial charge on any atom is 0.269 e. The van der Waals surface area contributed by atoms with Crippen LogP contribution < -0.4 is 5.43 Å². The van der Waals surface area contributed by atoms with Crippen molar-refractivity contribution in [2.45, 2.75) is 4.90 Å². The molecule has 7 nitrogen and oxygen atoms in total. The fourth-order valence-corrected chi connectivity index (χ4v) is 3.87. The average Bonchev–Trinajstić information content (AvgIpc) is 2.58. The minimum atomic E-state index is -0.473. The molecule has 0 heterocycles. The number of aromatic hydroxyl groups is 1. The Hall–Kier alpha value is -1.66. The van der Waals surface area contributed by atoms with E-state index in [2.05, 4.69) is 26.5 Å². The van der Waals surface area contributed by atoms with Crippen LogP contribution in [0.25, 0.3) is 0 Å². The fraction of sp³-hybridized carbons (Fsp3) is 0.0667. The molecule has 0 aliphatic rings. The van der Waals surface area contributed by atoms with Gasteiger partial charge in [-0.2, -0.15) is 5.10 Å². The lowest BCUT2D eigenvalue weighted by Gasteiger charge is -2.03. The summed E-state index contributed by atoms with van der Waals surface area (Å²) in [5.74, 6) is -0.0141. The molecule has 2 rings (SSSR count). The van der Waals surface area contributed by atoms with E-state index in [9.17, 15) is 20.0 Å². The van der Waals surface area contributed by atoms with E-state index < -0.39 is 4.92 Å². The first-order valence-corrected chi connectivity index (χ1v) is 9.59. The minimum absolute atomic E-state index is 0.00749. The number of halogens is 2. The zero-order chi connectivity index (χ0) is 18.4. The van der Waals surface area contributed by atoms with Gasteiger partial charge in [0, 0.05) is 17.0 Å². The summed E-state index contributed by atoms with van der Waals surface area (Å²) in [5.41, 5.74) is 3.13. The number of nitro benzene ring substituents is 1. The van der Waals surface area contributed by atoms with Gasteiger partial charge in [0.05, 0.1) is 24.9 Å². The summed E-state index contributed by atoms with van der Waals surface area (Å²) < 4.78 is 1.20. The average molecular weight is 536 g/mol. The van der Waals surface area contributed by atoms with Gasteiger partial charge >= 0.3 is 0 Å². The number of benzene rings is 2. The SMILES string of the molecule is O=C(CSc1ccc([N+](=O)[O-])cc1)N/N=C\c1cc(Br)c(O)c(I)c1. The molecule has 0 saturated heterocycles. The Kier molecular flexibility index (Phi) is 7.20. The predicted molar refractivity (Wildman–Crippen MR) is 108 cm³/mol. The number of carbonyl (C=O) groups is 1. The van der Waals surface area contributed by atoms with E-state index in [1.165, 1.54) is 30.1 Å². The van der Waals surface area contributed by atoms with E-state index in [0.29, 0.717) is 8.04 Å². The highest BCUT2D eigenvalue weighted by atomic mass is 127. The normalized spacial score (nSPS) is 10.8. The highest BCUT2D eigenvalue weighted by Crippen LogP contribution is 2.29. The van der Waals surface area contributed by atoms with Crippen molar-refractivity contribution in [1.82, 2.24) is 5.43 Å². The third-order valence-electron chi connectivity index (χ3n) is 2.86. The predicted octanol–water partition coefficient (Wildman–Crippen LogP) is 3.91. The van der Waals surface area contributed by atoms with Crippen LogP contribution in [-0.4, -0.2) is 27.9 Å². The van der Waals surface area contributed by atoms with Crippen molar-refractivity contribution in [3.63, 3.8) is 0 Å². The van der Waals surface area contributed by atoms with Crippen LogP contribution >= 0.6 is 50.3 Å². The number of carbonyl (C=O) groups excluding carboxylic acids is 1. The van der Waals surface area contributed by atoms with Crippen molar-refractivity contribution in [2.75, 3.05) is 5.75 Å². The van der Waals surface area contributed by atoms with Crippen LogP contribution in [-0.2, 0) is 4.79 Å². The quantitative estimate of drug-likeness (QED) is 0.192. The number of nitrogens with zero attached hydrogens (tertiary/aromatic N) is 2. The van der Waals surface area contributed by atoms with Crippen molar-refractivity contribution < 1.29 is 14.8 Å². The number of phenolic OH excluding ortho intramolecular Hbond substituents is 1. The zero-order valence-corrected chi connectivity index (χ0v) is 17.0. The number of thioether (sulfide) groups is 1. The second-order valence-electron chi connectivity index (χ2n) is 4.67. The van der Waals surface area contributed by atoms with E-state index in [1.807, 2.05) is 22.6 Å². The number of rotatable bonds is 6. The number of non-ortho nitro benzene ring substituents is 1. The van der Waals surface area contributed by atoms with Crippen LogP contribution in [0.4, 0.5) is 5.69 Å². The molecule has 25 heavy (non-hydrogen) atoms. The van der Waals surface area contributed by atoms with Gasteiger partial charge in [0.1, 0.15) is 5.75 Å². The van der Waals surface area contributed by atoms with Crippen LogP contribution in [0.2, 0.25) is 0 Å². The van der Waals surface area contributed by atoms with Crippen LogP contribution in [0.15, 0.2) is 50.9 Å². The zero-order valence-electron chi connectivity index (χ0n) is 12.5. The molecule has 2 N–H and O–H groups in total. The van der Waals surface area contributed by atoms with E-state index in [1.54, 1.807) is 24.3 Å². The van der Waals surface area contributed by atoms with Gasteiger partial charge in [0.25, 0.3) is 5.69 Å². The van der Waals surface area contributed by atoms with Crippen molar-refractivity contribution in [3.05, 3.63) is 60.1 Å². The Morgan fingerprint density at radius 3 is 2.68 bits per heavy atom. The van der Waals surface area contributed by atoms with E-state index >= 15 is 0 Å². The molecular weight excluding hydrogens is 525 g/mol. The Balaban J connectivity index is 1.85. The molecule has 0 spiro atoms. The summed E-state index contributed by atoms with van der Waals surface area (Å²) in [6.45, 7) is 0. The number of phenols is 1. The van der Waals surface area contributed by atoms with Crippen molar-refractivity contribution in [2.24, 2.45) is 5.10 Å². The van der Waals surface area contributed by atoms with Crippen molar-refractivity contribution in [1.29, 1.82) is 0 Å². The first kappa shape index (κ1) is 19.7. The molecular formula is C15H11BrIN3O4S. The molecule has 0 saturated carbocycles. The molecule has 0 aliphatic carbocycles. The summed E-state index contributed by atoms with van der Waals surface area (Å²) >= 11 is 6.48. The Labute approximate surface area is 169 Å². The lowest BCUT2D eigenvalue weighted by atomic mass is 10.2. The minimum Gasteiger partial charge on any atom is -0.506 e. The van der Waals surface area contributed by atoms with Crippen LogP contribution in [0, 0.1) is 13.7 Å². The van der Waals surface area contributed by atoms with Gasteiger partial charge in [0.2, 0.25) is 5.91 Å². The smallest absolute Gasteiger partial charge is 0.269 e. The molecule has 2 aromatic carbocycles. The van der Waals surface area contributed by atoms with Gasteiger partial charge in [0.15, 0.2) is 0 Å². The molecule has 130 valence electrons. The molecule has 10 heteroatoms. The Bertz CT molecular complexity index is 807. The number of amides is 1. The summed E-state index contributed by atoms with van der Waals surface area (Å²) in [7, 11) is 0. The number of nitro groups is 1. The highest BCUT2D eigenvalue weighted by Gasteiger charge is 2.07. The number of hydrogen-bond acceptors (Lipinski definition) is 6. The summed E-state index contributed by atoms with van der Waals surface area (Å²) in [6, 6.07) is 9.37. The van der Waals surface area contributed by atoms with E-state index in [-0.39, 0.29) is 23.1 Å². The van der Waals surface area contributed by atoms with E-state index in [4.69, 9.17) is 0 Å². The Morgan fingerprint density at radius 1 is 1.40 bits per heavy atom. The Morgan fingerprint density at radius 2 is 2.08 bits per heavy atom. The van der Waals surface area contributed by atoms with Crippen LogP contribution in [0.1, 0.15) is 5.56 Å². The number of hydrogen-bond donors (Lipinski definition) is 2. The molecule has 0 radical (unpaired) electrons.